The second-order valence-corrected chi connectivity index (χ2v) is 3.98. The monoisotopic (exact) mass is 289 g/mol. The minimum absolute atomic E-state index is 0.0716. The van der Waals surface area contributed by atoms with Crippen LogP contribution in [0.1, 0.15) is 0 Å². The van der Waals surface area contributed by atoms with Crippen LogP contribution in [0, 0.1) is 0 Å². The van der Waals surface area contributed by atoms with Crippen molar-refractivity contribution in [2.45, 2.75) is 6.18 Å². The molecule has 0 saturated heterocycles. The normalized spacial score (nSPS) is 11.8. The molecule has 0 fully saturated rings. The number of anilines is 2. The molecule has 2 N–H and O–H groups in total. The molecular formula is C11H14F3N5O. The fourth-order valence-corrected chi connectivity index (χ4v) is 1.60. The van der Waals surface area contributed by atoms with Crippen molar-refractivity contribution in [2.75, 3.05) is 37.4 Å². The number of aromatic nitrogens is 3. The van der Waals surface area contributed by atoms with Crippen molar-refractivity contribution < 1.29 is 17.9 Å². The molecular weight excluding hydrogens is 275 g/mol. The van der Waals surface area contributed by atoms with E-state index in [2.05, 4.69) is 25.3 Å². The van der Waals surface area contributed by atoms with E-state index in [0.717, 1.165) is 0 Å². The number of halogens is 3. The van der Waals surface area contributed by atoms with Gasteiger partial charge >= 0.3 is 6.18 Å². The van der Waals surface area contributed by atoms with Crippen molar-refractivity contribution in [1.82, 2.24) is 14.4 Å². The van der Waals surface area contributed by atoms with Crippen LogP contribution < -0.4 is 10.6 Å². The molecule has 2 aromatic rings. The summed E-state index contributed by atoms with van der Waals surface area (Å²) in [5.41, 5.74) is 0.597. The Morgan fingerprint density at radius 2 is 2.20 bits per heavy atom. The fourth-order valence-electron chi connectivity index (χ4n) is 1.60. The average molecular weight is 289 g/mol. The van der Waals surface area contributed by atoms with Crippen molar-refractivity contribution >= 4 is 17.3 Å². The molecule has 0 aliphatic carbocycles. The summed E-state index contributed by atoms with van der Waals surface area (Å²) in [4.78, 5) is 8.38. The fraction of sp³-hybridized carbons (Fsp3) is 0.455. The quantitative estimate of drug-likeness (QED) is 0.793. The molecule has 110 valence electrons. The van der Waals surface area contributed by atoms with E-state index in [4.69, 9.17) is 0 Å². The van der Waals surface area contributed by atoms with Crippen molar-refractivity contribution in [3.63, 3.8) is 0 Å². The van der Waals surface area contributed by atoms with E-state index < -0.39 is 12.8 Å². The molecule has 9 heteroatoms. The van der Waals surface area contributed by atoms with Crippen molar-refractivity contribution in [2.24, 2.45) is 0 Å². The lowest BCUT2D eigenvalue weighted by atomic mass is 10.5. The van der Waals surface area contributed by atoms with Crippen LogP contribution in [0.25, 0.3) is 5.65 Å². The van der Waals surface area contributed by atoms with Crippen LogP contribution >= 0.6 is 0 Å². The summed E-state index contributed by atoms with van der Waals surface area (Å²) in [6.45, 7) is -1.12. The van der Waals surface area contributed by atoms with Crippen molar-refractivity contribution in [3.05, 3.63) is 18.6 Å². The highest BCUT2D eigenvalue weighted by molar-refractivity contribution is 5.65. The second kappa shape index (κ2) is 5.95. The lowest BCUT2D eigenvalue weighted by Gasteiger charge is -2.10. The highest BCUT2D eigenvalue weighted by Gasteiger charge is 2.27. The molecule has 0 aliphatic rings. The molecule has 0 atom stereocenters. The van der Waals surface area contributed by atoms with Crippen LogP contribution in [-0.2, 0) is 4.74 Å². The summed E-state index contributed by atoms with van der Waals surface area (Å²) in [5, 5.41) is 5.80. The van der Waals surface area contributed by atoms with Crippen molar-refractivity contribution in [3.8, 4) is 0 Å². The standard InChI is InChI=1S/C11H14F3N5O/c1-15-8-6-19-4-2-17-10(19)9(18-8)16-3-5-20-7-11(12,13)14/h2,4,6,15H,3,5,7H2,1H3,(H,16,18). The second-order valence-electron chi connectivity index (χ2n) is 3.98. The summed E-state index contributed by atoms with van der Waals surface area (Å²) in [5.74, 6) is 1.10. The van der Waals surface area contributed by atoms with Crippen LogP contribution in [0.4, 0.5) is 24.8 Å². The maximum absolute atomic E-state index is 11.9. The first-order valence-electron chi connectivity index (χ1n) is 5.89. The number of nitrogens with one attached hydrogen (secondary N) is 2. The van der Waals surface area contributed by atoms with E-state index in [0.29, 0.717) is 17.3 Å². The Bertz CT molecular complexity index is 569. The first-order chi connectivity index (χ1) is 9.49. The maximum atomic E-state index is 11.9. The number of rotatable bonds is 6. The Morgan fingerprint density at radius 1 is 1.40 bits per heavy atom. The predicted molar refractivity (Wildman–Crippen MR) is 67.9 cm³/mol. The van der Waals surface area contributed by atoms with Crippen LogP contribution in [0.2, 0.25) is 0 Å². The average Bonchev–Trinajstić information content (AvgIpc) is 2.84. The molecule has 0 bridgehead atoms. The Kier molecular flexibility index (Phi) is 4.28. The summed E-state index contributed by atoms with van der Waals surface area (Å²) in [6.07, 6.45) is 0.819. The molecule has 0 radical (unpaired) electrons. The summed E-state index contributed by atoms with van der Waals surface area (Å²) in [7, 11) is 1.72. The SMILES string of the molecule is CNc1cn2ccnc2c(NCCOCC(F)(F)F)n1. The molecule has 2 rings (SSSR count). The van der Waals surface area contributed by atoms with Crippen LogP contribution in [0.15, 0.2) is 18.6 Å². The number of hydrogen-bond donors (Lipinski definition) is 2. The molecule has 0 saturated carbocycles. The van der Waals surface area contributed by atoms with E-state index in [1.54, 1.807) is 30.0 Å². The van der Waals surface area contributed by atoms with E-state index >= 15 is 0 Å². The van der Waals surface area contributed by atoms with Gasteiger partial charge in [-0.15, -0.1) is 0 Å². The number of imidazole rings is 1. The minimum atomic E-state index is -4.30. The van der Waals surface area contributed by atoms with Gasteiger partial charge in [-0.25, -0.2) is 9.97 Å². The van der Waals surface area contributed by atoms with E-state index in [1.807, 2.05) is 0 Å². The molecule has 2 heterocycles. The molecule has 0 aliphatic heterocycles. The number of ether oxygens (including phenoxy) is 1. The largest absolute Gasteiger partial charge is 0.411 e. The molecule has 20 heavy (non-hydrogen) atoms. The first-order valence-corrected chi connectivity index (χ1v) is 5.89. The summed E-state index contributed by atoms with van der Waals surface area (Å²) in [6, 6.07) is 0. The topological polar surface area (TPSA) is 63.5 Å². The lowest BCUT2D eigenvalue weighted by Crippen LogP contribution is -2.20. The van der Waals surface area contributed by atoms with Gasteiger partial charge in [0.25, 0.3) is 0 Å². The van der Waals surface area contributed by atoms with Gasteiger partial charge in [0, 0.05) is 26.0 Å². The van der Waals surface area contributed by atoms with Gasteiger partial charge in [-0.2, -0.15) is 13.2 Å². The molecule has 0 amide bonds. The van der Waals surface area contributed by atoms with Gasteiger partial charge in [0.2, 0.25) is 0 Å². The zero-order chi connectivity index (χ0) is 14.6. The number of nitrogens with zero attached hydrogens (tertiary/aromatic N) is 3. The summed E-state index contributed by atoms with van der Waals surface area (Å²) >= 11 is 0. The zero-order valence-electron chi connectivity index (χ0n) is 10.7. The van der Waals surface area contributed by atoms with Crippen LogP contribution in [-0.4, -0.2) is 47.4 Å². The third-order valence-electron chi connectivity index (χ3n) is 2.43. The summed E-state index contributed by atoms with van der Waals surface area (Å²) < 4.78 is 41.9. The van der Waals surface area contributed by atoms with Gasteiger partial charge in [0.15, 0.2) is 11.5 Å². The van der Waals surface area contributed by atoms with Gasteiger partial charge in [0.05, 0.1) is 12.8 Å². The number of alkyl halides is 3. The lowest BCUT2D eigenvalue weighted by molar-refractivity contribution is -0.172. The third-order valence-corrected chi connectivity index (χ3v) is 2.43. The molecule has 0 unspecified atom stereocenters. The van der Waals surface area contributed by atoms with Crippen LogP contribution in [0.3, 0.4) is 0 Å². The van der Waals surface area contributed by atoms with Gasteiger partial charge in [-0.3, -0.25) is 0 Å². The van der Waals surface area contributed by atoms with E-state index in [1.165, 1.54) is 0 Å². The zero-order valence-corrected chi connectivity index (χ0v) is 10.7. The Morgan fingerprint density at radius 3 is 2.90 bits per heavy atom. The van der Waals surface area contributed by atoms with Gasteiger partial charge in [-0.05, 0) is 0 Å². The van der Waals surface area contributed by atoms with E-state index in [9.17, 15) is 13.2 Å². The van der Waals surface area contributed by atoms with Gasteiger partial charge in [0.1, 0.15) is 12.4 Å². The van der Waals surface area contributed by atoms with E-state index in [-0.39, 0.29) is 13.2 Å². The molecule has 0 aromatic carbocycles. The minimum Gasteiger partial charge on any atom is -0.372 e. The molecule has 0 spiro atoms. The smallest absolute Gasteiger partial charge is 0.372 e. The third kappa shape index (κ3) is 3.73. The van der Waals surface area contributed by atoms with Crippen LogP contribution in [0.5, 0.6) is 0 Å². The predicted octanol–water partition coefficient (Wildman–Crippen LogP) is 1.76. The van der Waals surface area contributed by atoms with Crippen molar-refractivity contribution in [1.29, 1.82) is 0 Å². The Labute approximate surface area is 113 Å². The highest BCUT2D eigenvalue weighted by Crippen LogP contribution is 2.16. The Hall–Kier alpha value is -2.03. The molecule has 2 aromatic heterocycles. The van der Waals surface area contributed by atoms with Gasteiger partial charge < -0.3 is 19.8 Å². The van der Waals surface area contributed by atoms with Gasteiger partial charge in [-0.1, -0.05) is 0 Å². The number of hydrogen-bond acceptors (Lipinski definition) is 5. The maximum Gasteiger partial charge on any atom is 0.411 e. The number of fused-ring (bicyclic) bond motifs is 1. The molecule has 6 nitrogen and oxygen atoms in total. The Balaban J connectivity index is 1.94. The first kappa shape index (κ1) is 14.4. The highest BCUT2D eigenvalue weighted by atomic mass is 19.4.